The fourth-order valence-electron chi connectivity index (χ4n) is 1.37. The molecule has 0 aliphatic carbocycles. The maximum Gasteiger partial charge on any atom is 0.341 e. The zero-order chi connectivity index (χ0) is 14.9. The van der Waals surface area contributed by atoms with Crippen molar-refractivity contribution >= 4 is 21.9 Å². The van der Waals surface area contributed by atoms with E-state index < -0.39 is 38.1 Å². The molecule has 0 saturated heterocycles. The summed E-state index contributed by atoms with van der Waals surface area (Å²) in [7, 11) is -4.48. The molecule has 0 aliphatic rings. The average molecular weight is 304 g/mol. The van der Waals surface area contributed by atoms with Crippen molar-refractivity contribution in [2.24, 2.45) is 0 Å². The maximum atomic E-state index is 13.8. The van der Waals surface area contributed by atoms with Gasteiger partial charge in [0.2, 0.25) is 5.95 Å². The highest BCUT2D eigenvalue weighted by molar-refractivity contribution is 7.92. The molecule has 0 saturated carbocycles. The van der Waals surface area contributed by atoms with Crippen LogP contribution in [0, 0.1) is 11.6 Å². The maximum absolute atomic E-state index is 13.8. The van der Waals surface area contributed by atoms with Gasteiger partial charge in [0.25, 0.3) is 10.0 Å². The van der Waals surface area contributed by atoms with Crippen LogP contribution in [0.5, 0.6) is 0 Å². The fourth-order valence-corrected chi connectivity index (χ4v) is 2.42. The third-order valence-electron chi connectivity index (χ3n) is 2.21. The Morgan fingerprint density at radius 2 is 2.05 bits per heavy atom. The number of hydrogen-bond acceptors (Lipinski definition) is 5. The van der Waals surface area contributed by atoms with Crippen LogP contribution in [-0.2, 0) is 10.0 Å². The van der Waals surface area contributed by atoms with Crippen molar-refractivity contribution in [1.29, 1.82) is 0 Å². The number of hydrogen-bond donors (Lipinski definition) is 3. The van der Waals surface area contributed by atoms with E-state index in [1.807, 2.05) is 4.72 Å². The Hall–Kier alpha value is -2.56. The summed E-state index contributed by atoms with van der Waals surface area (Å²) in [6.45, 7) is 0. The molecule has 0 radical (unpaired) electrons. The number of carboxylic acids is 1. The number of aromatic amines is 1. The van der Waals surface area contributed by atoms with Gasteiger partial charge in [0.1, 0.15) is 22.6 Å². The molecule has 1 aromatic carbocycles. The number of halogens is 2. The number of benzene rings is 1. The number of H-pyrrole nitrogens is 1. The van der Waals surface area contributed by atoms with Gasteiger partial charge in [0, 0.05) is 0 Å². The first-order valence-electron chi connectivity index (χ1n) is 4.92. The molecule has 0 amide bonds. The smallest absolute Gasteiger partial charge is 0.341 e. The molecule has 2 rings (SSSR count). The van der Waals surface area contributed by atoms with Crippen LogP contribution in [0.15, 0.2) is 23.4 Å². The lowest BCUT2D eigenvalue weighted by Gasteiger charge is -2.08. The van der Waals surface area contributed by atoms with Crippen LogP contribution in [0.3, 0.4) is 0 Å². The molecule has 0 spiro atoms. The van der Waals surface area contributed by atoms with Crippen molar-refractivity contribution < 1.29 is 27.1 Å². The summed E-state index contributed by atoms with van der Waals surface area (Å²) in [5, 5.41) is 14.2. The van der Waals surface area contributed by atoms with Gasteiger partial charge in [-0.1, -0.05) is 0 Å². The standard InChI is InChI=1S/C9H6F2N4O4S/c10-4-1-2-5(7(11)6(4)8(16)17)20(18,19)15-9-12-3-13-14-9/h1-3H,(H,16,17)(H2,12,13,14,15). The average Bonchev–Trinajstić information content (AvgIpc) is 2.79. The van der Waals surface area contributed by atoms with Crippen LogP contribution in [0.1, 0.15) is 10.4 Å². The van der Waals surface area contributed by atoms with Gasteiger partial charge in [0.05, 0.1) is 0 Å². The quantitative estimate of drug-likeness (QED) is 0.758. The Morgan fingerprint density at radius 1 is 1.35 bits per heavy atom. The molecule has 1 heterocycles. The fraction of sp³-hybridized carbons (Fsp3) is 0. The van der Waals surface area contributed by atoms with Gasteiger partial charge in [-0.25, -0.2) is 31.8 Å². The molecule has 1 aromatic heterocycles. The number of carbonyl (C=O) groups is 1. The molecule has 0 aliphatic heterocycles. The summed E-state index contributed by atoms with van der Waals surface area (Å²) in [6, 6.07) is 1.15. The number of carboxylic acid groups (broad SMARTS) is 1. The lowest BCUT2D eigenvalue weighted by molar-refractivity contribution is 0.0685. The first-order chi connectivity index (χ1) is 9.33. The molecule has 0 unspecified atom stereocenters. The highest BCUT2D eigenvalue weighted by atomic mass is 32.2. The first-order valence-corrected chi connectivity index (χ1v) is 6.40. The Bertz CT molecular complexity index is 761. The third-order valence-corrected chi connectivity index (χ3v) is 3.56. The highest BCUT2D eigenvalue weighted by Gasteiger charge is 2.27. The van der Waals surface area contributed by atoms with Crippen molar-refractivity contribution in [3.63, 3.8) is 0 Å². The van der Waals surface area contributed by atoms with Crippen molar-refractivity contribution in [1.82, 2.24) is 15.2 Å². The SMILES string of the molecule is O=C(O)c1c(F)ccc(S(=O)(=O)Nc2ncn[nH]2)c1F. The minimum absolute atomic E-state index is 0.300. The number of rotatable bonds is 4. The predicted octanol–water partition coefficient (Wildman–Crippen LogP) is 0.582. The van der Waals surface area contributed by atoms with Crippen LogP contribution in [0.25, 0.3) is 0 Å². The van der Waals surface area contributed by atoms with Gasteiger partial charge < -0.3 is 5.11 Å². The Balaban J connectivity index is 2.53. The number of aromatic nitrogens is 3. The van der Waals surface area contributed by atoms with Crippen LogP contribution < -0.4 is 4.72 Å². The van der Waals surface area contributed by atoms with Gasteiger partial charge in [-0.2, -0.15) is 10.1 Å². The van der Waals surface area contributed by atoms with Gasteiger partial charge >= 0.3 is 5.97 Å². The molecule has 20 heavy (non-hydrogen) atoms. The summed E-state index contributed by atoms with van der Waals surface area (Å²) >= 11 is 0. The molecule has 2 aromatic rings. The molecular formula is C9H6F2N4O4S. The Morgan fingerprint density at radius 3 is 2.60 bits per heavy atom. The number of nitrogens with zero attached hydrogens (tertiary/aromatic N) is 2. The molecule has 106 valence electrons. The predicted molar refractivity (Wildman–Crippen MR) is 60.5 cm³/mol. The van der Waals surface area contributed by atoms with Crippen LogP contribution in [0.4, 0.5) is 14.7 Å². The van der Waals surface area contributed by atoms with Gasteiger partial charge in [-0.3, -0.25) is 0 Å². The van der Waals surface area contributed by atoms with Crippen molar-refractivity contribution in [2.75, 3.05) is 4.72 Å². The number of sulfonamides is 1. The third kappa shape index (κ3) is 2.42. The zero-order valence-corrected chi connectivity index (χ0v) is 10.3. The van der Waals surface area contributed by atoms with Crippen molar-refractivity contribution in [3.05, 3.63) is 35.7 Å². The van der Waals surface area contributed by atoms with E-state index in [1.165, 1.54) is 0 Å². The molecular weight excluding hydrogens is 298 g/mol. The van der Waals surface area contributed by atoms with Crippen molar-refractivity contribution in [3.8, 4) is 0 Å². The van der Waals surface area contributed by atoms with E-state index >= 15 is 0 Å². The van der Waals surface area contributed by atoms with E-state index in [1.54, 1.807) is 0 Å². The lowest BCUT2D eigenvalue weighted by Crippen LogP contribution is -2.18. The topological polar surface area (TPSA) is 125 Å². The van der Waals surface area contributed by atoms with E-state index in [9.17, 15) is 22.0 Å². The van der Waals surface area contributed by atoms with E-state index in [2.05, 4.69) is 15.2 Å². The van der Waals surface area contributed by atoms with E-state index in [0.29, 0.717) is 12.1 Å². The van der Waals surface area contributed by atoms with Gasteiger partial charge in [-0.05, 0) is 12.1 Å². The van der Waals surface area contributed by atoms with E-state index in [4.69, 9.17) is 5.11 Å². The Kier molecular flexibility index (Phi) is 3.36. The number of anilines is 1. The largest absolute Gasteiger partial charge is 0.477 e. The van der Waals surface area contributed by atoms with E-state index in [-0.39, 0.29) is 5.95 Å². The summed E-state index contributed by atoms with van der Waals surface area (Å²) in [6.07, 6.45) is 1.00. The first kappa shape index (κ1) is 13.9. The molecule has 0 bridgehead atoms. The second kappa shape index (κ2) is 4.85. The molecule has 0 fully saturated rings. The molecule has 3 N–H and O–H groups in total. The zero-order valence-electron chi connectivity index (χ0n) is 9.46. The van der Waals surface area contributed by atoms with Crippen LogP contribution >= 0.6 is 0 Å². The molecule has 11 heteroatoms. The minimum atomic E-state index is -4.48. The monoisotopic (exact) mass is 304 g/mol. The summed E-state index contributed by atoms with van der Waals surface area (Å²) in [5.74, 6) is -5.31. The minimum Gasteiger partial charge on any atom is -0.477 e. The molecule has 0 atom stereocenters. The second-order valence-electron chi connectivity index (χ2n) is 3.48. The highest BCUT2D eigenvalue weighted by Crippen LogP contribution is 2.22. The summed E-state index contributed by atoms with van der Waals surface area (Å²) in [5.41, 5.74) is -1.36. The Labute approximate surface area is 110 Å². The van der Waals surface area contributed by atoms with Crippen LogP contribution in [-0.4, -0.2) is 34.7 Å². The number of nitrogens with one attached hydrogen (secondary N) is 2. The molecule has 8 nitrogen and oxygen atoms in total. The van der Waals surface area contributed by atoms with Gasteiger partial charge in [0.15, 0.2) is 5.82 Å². The van der Waals surface area contributed by atoms with Crippen molar-refractivity contribution in [2.45, 2.75) is 4.90 Å². The van der Waals surface area contributed by atoms with Gasteiger partial charge in [-0.15, -0.1) is 0 Å². The second-order valence-corrected chi connectivity index (χ2v) is 5.13. The lowest BCUT2D eigenvalue weighted by atomic mass is 10.2. The number of aromatic carboxylic acids is 1. The van der Waals surface area contributed by atoms with Crippen LogP contribution in [0.2, 0.25) is 0 Å². The summed E-state index contributed by atoms with van der Waals surface area (Å²) < 4.78 is 52.5. The summed E-state index contributed by atoms with van der Waals surface area (Å²) in [4.78, 5) is 13.2. The van der Waals surface area contributed by atoms with E-state index in [0.717, 1.165) is 6.33 Å². The normalized spacial score (nSPS) is 11.3.